The van der Waals surface area contributed by atoms with Gasteiger partial charge in [-0.15, -0.1) is 0 Å². The van der Waals surface area contributed by atoms with Crippen molar-refractivity contribution in [2.75, 3.05) is 0 Å². The quantitative estimate of drug-likeness (QED) is 0.307. The Labute approximate surface area is 183 Å². The molecule has 0 saturated carbocycles. The van der Waals surface area contributed by atoms with Gasteiger partial charge in [-0.2, -0.15) is 0 Å². The van der Waals surface area contributed by atoms with Crippen molar-refractivity contribution in [1.29, 1.82) is 0 Å². The van der Waals surface area contributed by atoms with E-state index in [1.54, 1.807) is 0 Å². The van der Waals surface area contributed by atoms with Crippen LogP contribution in [0.25, 0.3) is 39.1 Å². The molecule has 156 valence electrons. The first-order valence-corrected chi connectivity index (χ1v) is 11.0. The Bertz CT molecular complexity index is 1400. The summed E-state index contributed by atoms with van der Waals surface area (Å²) >= 11 is 0. The number of aromatic nitrogens is 2. The molecule has 0 aliphatic rings. The summed E-state index contributed by atoms with van der Waals surface area (Å²) in [5.74, 6) is 1.54. The van der Waals surface area contributed by atoms with E-state index in [-0.39, 0.29) is 0 Å². The lowest BCUT2D eigenvalue weighted by molar-refractivity contribution is 0.612. The molecule has 0 unspecified atom stereocenters. The van der Waals surface area contributed by atoms with Gasteiger partial charge in [-0.25, -0.2) is 4.98 Å². The third-order valence-corrected chi connectivity index (χ3v) is 5.94. The zero-order chi connectivity index (χ0) is 21.7. The van der Waals surface area contributed by atoms with Crippen molar-refractivity contribution in [3.05, 3.63) is 83.1 Å². The summed E-state index contributed by atoms with van der Waals surface area (Å²) in [6, 6.07) is 19.4. The van der Waals surface area contributed by atoms with Crippen LogP contribution in [0, 0.1) is 26.7 Å². The molecule has 3 heteroatoms. The number of para-hydroxylation sites is 2. The molecule has 0 fully saturated rings. The lowest BCUT2D eigenvalue weighted by atomic mass is 10.0. The second-order valence-corrected chi connectivity index (χ2v) is 9.08. The second-order valence-electron chi connectivity index (χ2n) is 9.08. The van der Waals surface area contributed by atoms with Gasteiger partial charge in [-0.3, -0.25) is 4.57 Å². The van der Waals surface area contributed by atoms with Gasteiger partial charge in [0.15, 0.2) is 0 Å². The molecule has 0 radical (unpaired) electrons. The molecule has 31 heavy (non-hydrogen) atoms. The number of rotatable bonds is 4. The third kappa shape index (κ3) is 3.34. The monoisotopic (exact) mass is 408 g/mol. The highest BCUT2D eigenvalue weighted by Gasteiger charge is 2.20. The van der Waals surface area contributed by atoms with E-state index in [1.165, 1.54) is 27.9 Å². The topological polar surface area (TPSA) is 31.0 Å². The van der Waals surface area contributed by atoms with Gasteiger partial charge in [0.2, 0.25) is 0 Å². The van der Waals surface area contributed by atoms with E-state index in [0.29, 0.717) is 5.92 Å². The lowest BCUT2D eigenvalue weighted by Gasteiger charge is -2.16. The van der Waals surface area contributed by atoms with Crippen LogP contribution in [0.1, 0.15) is 36.1 Å². The van der Waals surface area contributed by atoms with Crippen LogP contribution in [-0.4, -0.2) is 9.55 Å². The molecule has 0 atom stereocenters. The van der Waals surface area contributed by atoms with Gasteiger partial charge in [0.05, 0.1) is 22.3 Å². The maximum absolute atomic E-state index is 6.04. The highest BCUT2D eigenvalue weighted by molar-refractivity contribution is 5.95. The van der Waals surface area contributed by atoms with Crippen LogP contribution in [0.3, 0.4) is 0 Å². The standard InChI is InChI=1S/C28H28N2O/c1-17(2)12-21-10-11-22-23(16-31-26(22)15-21)28-29-24-8-6-7-9-25(24)30(28)27-19(4)13-18(3)14-20(27)5/h6-11,13-17H,12H2,1-5H3. The maximum Gasteiger partial charge on any atom is 0.149 e. The zero-order valence-corrected chi connectivity index (χ0v) is 18.9. The van der Waals surface area contributed by atoms with Crippen molar-refractivity contribution in [3.63, 3.8) is 0 Å². The number of imidazole rings is 1. The van der Waals surface area contributed by atoms with Crippen molar-refractivity contribution in [2.24, 2.45) is 5.92 Å². The number of hydrogen-bond acceptors (Lipinski definition) is 2. The van der Waals surface area contributed by atoms with Gasteiger partial charge in [-0.1, -0.05) is 55.8 Å². The first-order chi connectivity index (χ1) is 14.9. The van der Waals surface area contributed by atoms with Crippen molar-refractivity contribution >= 4 is 22.0 Å². The van der Waals surface area contributed by atoms with Crippen LogP contribution in [0.15, 0.2) is 65.3 Å². The normalized spacial score (nSPS) is 11.8. The van der Waals surface area contributed by atoms with Gasteiger partial charge in [0.25, 0.3) is 0 Å². The molecular formula is C28H28N2O. The van der Waals surface area contributed by atoms with Crippen molar-refractivity contribution < 1.29 is 4.42 Å². The fraction of sp³-hybridized carbons (Fsp3) is 0.250. The first kappa shape index (κ1) is 19.6. The molecule has 3 aromatic carbocycles. The Morgan fingerprint density at radius 2 is 1.68 bits per heavy atom. The van der Waals surface area contributed by atoms with E-state index in [2.05, 4.69) is 87.7 Å². The molecule has 0 aliphatic carbocycles. The molecule has 3 nitrogen and oxygen atoms in total. The number of fused-ring (bicyclic) bond motifs is 2. The number of benzene rings is 3. The largest absolute Gasteiger partial charge is 0.464 e. The number of nitrogens with zero attached hydrogens (tertiary/aromatic N) is 2. The highest BCUT2D eigenvalue weighted by Crippen LogP contribution is 2.36. The predicted molar refractivity (Wildman–Crippen MR) is 129 cm³/mol. The molecule has 0 bridgehead atoms. The SMILES string of the molecule is Cc1cc(C)c(-n2c(-c3coc4cc(CC(C)C)ccc34)nc3ccccc32)c(C)c1. The fourth-order valence-electron chi connectivity index (χ4n) is 4.80. The smallest absolute Gasteiger partial charge is 0.149 e. The van der Waals surface area contributed by atoms with Crippen LogP contribution in [0.4, 0.5) is 0 Å². The van der Waals surface area contributed by atoms with Crippen LogP contribution in [0.2, 0.25) is 0 Å². The molecule has 5 aromatic rings. The highest BCUT2D eigenvalue weighted by atomic mass is 16.3. The Morgan fingerprint density at radius 3 is 2.42 bits per heavy atom. The minimum absolute atomic E-state index is 0.614. The van der Waals surface area contributed by atoms with Gasteiger partial charge in [-0.05, 0) is 68.0 Å². The van der Waals surface area contributed by atoms with E-state index in [9.17, 15) is 0 Å². The average Bonchev–Trinajstić information content (AvgIpc) is 3.28. The number of furan rings is 1. The Hall–Kier alpha value is -3.33. The van der Waals surface area contributed by atoms with E-state index in [1.807, 2.05) is 12.3 Å². The molecule has 0 N–H and O–H groups in total. The number of hydrogen-bond donors (Lipinski definition) is 0. The second kappa shape index (κ2) is 7.42. The van der Waals surface area contributed by atoms with E-state index in [0.717, 1.165) is 39.8 Å². The minimum atomic E-state index is 0.614. The summed E-state index contributed by atoms with van der Waals surface area (Å²) in [6.07, 6.45) is 2.91. The molecule has 0 aliphatic heterocycles. The van der Waals surface area contributed by atoms with Crippen LogP contribution in [0.5, 0.6) is 0 Å². The summed E-state index contributed by atoms with van der Waals surface area (Å²) in [5, 5.41) is 1.10. The zero-order valence-electron chi connectivity index (χ0n) is 18.9. The van der Waals surface area contributed by atoms with Gasteiger partial charge in [0, 0.05) is 5.39 Å². The summed E-state index contributed by atoms with van der Waals surface area (Å²) in [7, 11) is 0. The summed E-state index contributed by atoms with van der Waals surface area (Å²) in [5.41, 5.74) is 10.3. The fourth-order valence-corrected chi connectivity index (χ4v) is 4.80. The Balaban J connectivity index is 1.78. The van der Waals surface area contributed by atoms with Crippen LogP contribution >= 0.6 is 0 Å². The number of aryl methyl sites for hydroxylation is 3. The van der Waals surface area contributed by atoms with Crippen molar-refractivity contribution in [1.82, 2.24) is 9.55 Å². The van der Waals surface area contributed by atoms with Gasteiger partial charge in [0.1, 0.15) is 17.7 Å². The van der Waals surface area contributed by atoms with Gasteiger partial charge >= 0.3 is 0 Å². The predicted octanol–water partition coefficient (Wildman–Crippen LogP) is 7.56. The van der Waals surface area contributed by atoms with E-state index >= 15 is 0 Å². The van der Waals surface area contributed by atoms with Gasteiger partial charge < -0.3 is 4.42 Å². The first-order valence-electron chi connectivity index (χ1n) is 11.0. The van der Waals surface area contributed by atoms with Crippen LogP contribution in [-0.2, 0) is 6.42 Å². The minimum Gasteiger partial charge on any atom is -0.464 e. The molecule has 0 saturated heterocycles. The summed E-state index contributed by atoms with van der Waals surface area (Å²) in [6.45, 7) is 11.0. The average molecular weight is 409 g/mol. The molecular weight excluding hydrogens is 380 g/mol. The molecule has 5 rings (SSSR count). The maximum atomic E-state index is 6.04. The van der Waals surface area contributed by atoms with Crippen LogP contribution < -0.4 is 0 Å². The third-order valence-electron chi connectivity index (χ3n) is 5.94. The van der Waals surface area contributed by atoms with Crippen molar-refractivity contribution in [2.45, 2.75) is 41.0 Å². The molecule has 2 heterocycles. The lowest BCUT2D eigenvalue weighted by Crippen LogP contribution is -2.03. The van der Waals surface area contributed by atoms with E-state index in [4.69, 9.17) is 9.40 Å². The van der Waals surface area contributed by atoms with Crippen molar-refractivity contribution in [3.8, 4) is 17.1 Å². The molecule has 2 aromatic heterocycles. The molecule has 0 spiro atoms. The summed E-state index contributed by atoms with van der Waals surface area (Å²) < 4.78 is 8.34. The van der Waals surface area contributed by atoms with E-state index < -0.39 is 0 Å². The molecule has 0 amide bonds. The summed E-state index contributed by atoms with van der Waals surface area (Å²) in [4.78, 5) is 5.06. The Kier molecular flexibility index (Phi) is 4.70. The Morgan fingerprint density at radius 1 is 0.935 bits per heavy atom.